The normalized spacial score (nSPS) is 17.6. The van der Waals surface area contributed by atoms with E-state index in [0.717, 1.165) is 12.8 Å². The fraction of sp³-hybridized carbons (Fsp3) is 0.364. The molecule has 2 rings (SSSR count). The molecule has 1 saturated carbocycles. The lowest BCUT2D eigenvalue weighted by molar-refractivity contribution is 0.319. The fourth-order valence-electron chi connectivity index (χ4n) is 1.87. The summed E-state index contributed by atoms with van der Waals surface area (Å²) in [5.74, 6) is 0.574. The molecule has 5 heteroatoms. The molecule has 1 aliphatic carbocycles. The first kappa shape index (κ1) is 11.1. The lowest BCUT2D eigenvalue weighted by Crippen LogP contribution is -2.09. The summed E-state index contributed by atoms with van der Waals surface area (Å²) in [4.78, 5) is 0. The van der Waals surface area contributed by atoms with Gasteiger partial charge in [0.1, 0.15) is 11.5 Å². The van der Waals surface area contributed by atoms with Crippen molar-refractivity contribution in [3.8, 4) is 11.5 Å². The van der Waals surface area contributed by atoms with Gasteiger partial charge in [-0.2, -0.15) is 0 Å². The Morgan fingerprint density at radius 2 is 2.19 bits per heavy atom. The van der Waals surface area contributed by atoms with E-state index in [0.29, 0.717) is 16.3 Å². The highest BCUT2D eigenvalue weighted by Gasteiger charge is 2.46. The average molecular weight is 242 g/mol. The molecule has 1 aromatic rings. The van der Waals surface area contributed by atoms with E-state index in [-0.39, 0.29) is 5.75 Å². The molecule has 2 N–H and O–H groups in total. The van der Waals surface area contributed by atoms with Crippen molar-refractivity contribution < 1.29 is 15.1 Å². The first-order chi connectivity index (χ1) is 7.63. The molecule has 0 heterocycles. The lowest BCUT2D eigenvalue weighted by atomic mass is 9.96. The van der Waals surface area contributed by atoms with Crippen LogP contribution in [0.4, 0.5) is 0 Å². The Hall–Kier alpha value is -1.42. The number of oxime groups is 1. The lowest BCUT2D eigenvalue weighted by Gasteiger charge is -2.14. The molecule has 1 fully saturated rings. The first-order valence-corrected chi connectivity index (χ1v) is 5.26. The van der Waals surface area contributed by atoms with Gasteiger partial charge in [0.15, 0.2) is 0 Å². The highest BCUT2D eigenvalue weighted by molar-refractivity contribution is 6.32. The van der Waals surface area contributed by atoms with Crippen molar-refractivity contribution >= 4 is 17.8 Å². The van der Waals surface area contributed by atoms with Crippen LogP contribution in [0.1, 0.15) is 18.4 Å². The van der Waals surface area contributed by atoms with Crippen LogP contribution in [0.25, 0.3) is 0 Å². The Bertz CT molecular complexity index is 418. The van der Waals surface area contributed by atoms with Gasteiger partial charge in [0.05, 0.1) is 18.3 Å². The highest BCUT2D eigenvalue weighted by atomic mass is 35.5. The van der Waals surface area contributed by atoms with Crippen molar-refractivity contribution in [2.24, 2.45) is 5.16 Å². The van der Waals surface area contributed by atoms with Gasteiger partial charge in [-0.3, -0.25) is 0 Å². The number of rotatable bonds is 3. The van der Waals surface area contributed by atoms with E-state index in [9.17, 15) is 5.11 Å². The summed E-state index contributed by atoms with van der Waals surface area (Å²) in [6, 6.07) is 3.15. The molecule has 0 bridgehead atoms. The summed E-state index contributed by atoms with van der Waals surface area (Å²) >= 11 is 6.09. The Morgan fingerprint density at radius 3 is 2.62 bits per heavy atom. The number of phenols is 1. The quantitative estimate of drug-likeness (QED) is 0.486. The van der Waals surface area contributed by atoms with E-state index in [2.05, 4.69) is 5.16 Å². The summed E-state index contributed by atoms with van der Waals surface area (Å²) in [5.41, 5.74) is 0.190. The maximum atomic E-state index is 9.90. The van der Waals surface area contributed by atoms with Gasteiger partial charge in [-0.25, -0.2) is 0 Å². The molecule has 0 aromatic heterocycles. The van der Waals surface area contributed by atoms with E-state index in [4.69, 9.17) is 21.5 Å². The maximum Gasteiger partial charge on any atom is 0.124 e. The predicted molar refractivity (Wildman–Crippen MR) is 60.9 cm³/mol. The highest BCUT2D eigenvalue weighted by Crippen LogP contribution is 2.53. The smallest absolute Gasteiger partial charge is 0.124 e. The number of ether oxygens (including phenoxy) is 1. The molecule has 0 unspecified atom stereocenters. The third-order valence-electron chi connectivity index (χ3n) is 2.87. The Morgan fingerprint density at radius 1 is 1.50 bits per heavy atom. The second kappa shape index (κ2) is 3.87. The number of phenolic OH excluding ortho intramolecular Hbond substituents is 1. The van der Waals surface area contributed by atoms with Crippen LogP contribution in [0, 0.1) is 0 Å². The van der Waals surface area contributed by atoms with E-state index >= 15 is 0 Å². The standard InChI is InChI=1S/C11H12ClNO3/c1-16-7-4-8(12)10(9(14)5-7)11(2-3-11)6-13-15/h4-6,14-15H,2-3H2,1H3. The Kier molecular flexibility index (Phi) is 2.68. The number of benzene rings is 1. The monoisotopic (exact) mass is 241 g/mol. The summed E-state index contributed by atoms with van der Waals surface area (Å²) in [7, 11) is 1.51. The number of halogens is 1. The van der Waals surface area contributed by atoms with Gasteiger partial charge in [0.25, 0.3) is 0 Å². The number of methoxy groups -OCH3 is 1. The van der Waals surface area contributed by atoms with E-state index in [1.165, 1.54) is 19.4 Å². The average Bonchev–Trinajstić information content (AvgIpc) is 2.98. The van der Waals surface area contributed by atoms with Crippen molar-refractivity contribution in [3.63, 3.8) is 0 Å². The van der Waals surface area contributed by atoms with Gasteiger partial charge in [-0.05, 0) is 18.9 Å². The molecule has 1 aromatic carbocycles. The van der Waals surface area contributed by atoms with Gasteiger partial charge in [-0.15, -0.1) is 5.16 Å². The van der Waals surface area contributed by atoms with Crippen molar-refractivity contribution in [2.45, 2.75) is 18.3 Å². The van der Waals surface area contributed by atoms with Crippen molar-refractivity contribution in [3.05, 3.63) is 22.7 Å². The molecular formula is C11H12ClNO3. The Labute approximate surface area is 98.1 Å². The van der Waals surface area contributed by atoms with Crippen molar-refractivity contribution in [1.29, 1.82) is 0 Å². The SMILES string of the molecule is COc1cc(O)c(C2(C=NO)CC2)c(Cl)c1. The molecule has 86 valence electrons. The number of hydrogen-bond donors (Lipinski definition) is 2. The van der Waals surface area contributed by atoms with E-state index in [1.807, 2.05) is 0 Å². The molecule has 0 radical (unpaired) electrons. The molecule has 0 aliphatic heterocycles. The molecular weight excluding hydrogens is 230 g/mol. The molecule has 0 spiro atoms. The van der Waals surface area contributed by atoms with Gasteiger partial charge >= 0.3 is 0 Å². The second-order valence-corrected chi connectivity index (χ2v) is 4.31. The zero-order valence-electron chi connectivity index (χ0n) is 8.77. The van der Waals surface area contributed by atoms with Gasteiger partial charge in [0, 0.05) is 17.0 Å². The Balaban J connectivity index is 2.49. The largest absolute Gasteiger partial charge is 0.507 e. The zero-order chi connectivity index (χ0) is 11.8. The summed E-state index contributed by atoms with van der Waals surface area (Å²) in [6.07, 6.45) is 3.05. The van der Waals surface area contributed by atoms with Crippen LogP contribution < -0.4 is 4.74 Å². The summed E-state index contributed by atoms with van der Waals surface area (Å²) < 4.78 is 5.00. The minimum atomic E-state index is -0.414. The molecule has 4 nitrogen and oxygen atoms in total. The van der Waals surface area contributed by atoms with Crippen LogP contribution in [-0.2, 0) is 5.41 Å². The van der Waals surface area contributed by atoms with Crippen molar-refractivity contribution in [1.82, 2.24) is 0 Å². The molecule has 0 atom stereocenters. The van der Waals surface area contributed by atoms with Crippen molar-refractivity contribution in [2.75, 3.05) is 7.11 Å². The number of hydrogen-bond acceptors (Lipinski definition) is 4. The van der Waals surface area contributed by atoms with Crippen LogP contribution in [0.15, 0.2) is 17.3 Å². The third-order valence-corrected chi connectivity index (χ3v) is 3.17. The number of nitrogens with zero attached hydrogens (tertiary/aromatic N) is 1. The molecule has 1 aliphatic rings. The second-order valence-electron chi connectivity index (χ2n) is 3.90. The first-order valence-electron chi connectivity index (χ1n) is 4.88. The molecule has 0 amide bonds. The topological polar surface area (TPSA) is 62.0 Å². The van der Waals surface area contributed by atoms with E-state index < -0.39 is 5.41 Å². The molecule has 0 saturated heterocycles. The fourth-order valence-corrected chi connectivity index (χ4v) is 2.26. The minimum Gasteiger partial charge on any atom is -0.507 e. The van der Waals surface area contributed by atoms with Crippen LogP contribution in [0.5, 0.6) is 11.5 Å². The summed E-state index contributed by atoms with van der Waals surface area (Å²) in [5, 5.41) is 22.0. The van der Waals surface area contributed by atoms with Gasteiger partial charge < -0.3 is 15.1 Å². The van der Waals surface area contributed by atoms with Crippen LogP contribution in [-0.4, -0.2) is 23.6 Å². The van der Waals surface area contributed by atoms with Crippen LogP contribution in [0.2, 0.25) is 5.02 Å². The third kappa shape index (κ3) is 1.69. The van der Waals surface area contributed by atoms with Gasteiger partial charge in [0.2, 0.25) is 0 Å². The number of aromatic hydroxyl groups is 1. The minimum absolute atomic E-state index is 0.0711. The van der Waals surface area contributed by atoms with E-state index in [1.54, 1.807) is 6.07 Å². The van der Waals surface area contributed by atoms with Crippen LogP contribution >= 0.6 is 11.6 Å². The zero-order valence-corrected chi connectivity index (χ0v) is 9.53. The van der Waals surface area contributed by atoms with Crippen LogP contribution in [0.3, 0.4) is 0 Å². The maximum absolute atomic E-state index is 9.90. The van der Waals surface area contributed by atoms with Gasteiger partial charge in [-0.1, -0.05) is 11.6 Å². The predicted octanol–water partition coefficient (Wildman–Crippen LogP) is 2.55. The molecule has 16 heavy (non-hydrogen) atoms. The summed E-state index contributed by atoms with van der Waals surface area (Å²) in [6.45, 7) is 0.